The fraction of sp³-hybridized carbons (Fsp3) is 0.0476. The first-order valence-corrected chi connectivity index (χ1v) is 9.57. The molecule has 0 saturated carbocycles. The average Bonchev–Trinajstić information content (AvgIpc) is 3.18. The van der Waals surface area contributed by atoms with E-state index in [0.717, 1.165) is 26.4 Å². The highest BCUT2D eigenvalue weighted by Crippen LogP contribution is 2.34. The molecule has 4 heterocycles. The van der Waals surface area contributed by atoms with E-state index in [4.69, 9.17) is 4.98 Å². The van der Waals surface area contributed by atoms with Crippen LogP contribution in [-0.4, -0.2) is 24.9 Å². The second-order valence-corrected chi connectivity index (χ2v) is 7.67. The third-order valence-corrected chi connectivity index (χ3v) is 5.45. The van der Waals surface area contributed by atoms with Crippen molar-refractivity contribution in [3.63, 3.8) is 0 Å². The number of aryl methyl sites for hydroxylation is 1. The van der Waals surface area contributed by atoms with Crippen molar-refractivity contribution in [1.82, 2.24) is 24.9 Å². The van der Waals surface area contributed by atoms with Crippen LogP contribution in [0.1, 0.15) is 10.6 Å². The zero-order valence-corrected chi connectivity index (χ0v) is 16.0. The standard InChI is InChI=1S/C21H12N6OS/c1-11-24-10-17(29-11)19-18(13-4-5-15-12(7-13)3-2-6-23-15)25-16-8-14(9-22)21(28)27-20(16)26-19/h2-8,10H,1H3,(H,26,27,28). The van der Waals surface area contributed by atoms with Crippen molar-refractivity contribution >= 4 is 33.4 Å². The Labute approximate surface area is 168 Å². The smallest absolute Gasteiger partial charge is 0.267 e. The molecule has 0 atom stereocenters. The molecule has 0 aliphatic heterocycles. The minimum Gasteiger partial charge on any atom is -0.304 e. The first-order valence-electron chi connectivity index (χ1n) is 8.75. The summed E-state index contributed by atoms with van der Waals surface area (Å²) in [6.45, 7) is 1.92. The van der Waals surface area contributed by atoms with E-state index in [1.54, 1.807) is 12.4 Å². The zero-order valence-electron chi connectivity index (χ0n) is 15.2. The second kappa shape index (κ2) is 6.58. The van der Waals surface area contributed by atoms with Crippen LogP contribution < -0.4 is 5.56 Å². The zero-order chi connectivity index (χ0) is 20.0. The van der Waals surface area contributed by atoms with Crippen molar-refractivity contribution in [2.24, 2.45) is 0 Å². The molecule has 1 N–H and O–H groups in total. The Bertz CT molecular complexity index is 1510. The van der Waals surface area contributed by atoms with E-state index >= 15 is 0 Å². The molecule has 1 aromatic carbocycles. The Morgan fingerprint density at radius 3 is 2.76 bits per heavy atom. The third kappa shape index (κ3) is 2.94. The van der Waals surface area contributed by atoms with Crippen LogP contribution in [0.3, 0.4) is 0 Å². The van der Waals surface area contributed by atoms with Gasteiger partial charge in [0.15, 0.2) is 5.65 Å². The lowest BCUT2D eigenvalue weighted by Crippen LogP contribution is -2.11. The number of nitriles is 1. The van der Waals surface area contributed by atoms with Crippen LogP contribution in [-0.2, 0) is 0 Å². The van der Waals surface area contributed by atoms with E-state index in [-0.39, 0.29) is 5.56 Å². The van der Waals surface area contributed by atoms with Gasteiger partial charge in [-0.2, -0.15) is 5.26 Å². The number of rotatable bonds is 2. The molecule has 0 fully saturated rings. The molecule has 0 aliphatic carbocycles. The van der Waals surface area contributed by atoms with Crippen molar-refractivity contribution in [1.29, 1.82) is 5.26 Å². The Morgan fingerprint density at radius 1 is 1.07 bits per heavy atom. The predicted octanol–water partition coefficient (Wildman–Crippen LogP) is 3.84. The van der Waals surface area contributed by atoms with Crippen LogP contribution in [0.2, 0.25) is 0 Å². The molecule has 0 radical (unpaired) electrons. The van der Waals surface area contributed by atoms with Crippen LogP contribution in [0.25, 0.3) is 43.9 Å². The normalized spacial score (nSPS) is 11.0. The number of hydrogen-bond donors (Lipinski definition) is 1. The number of hydrogen-bond acceptors (Lipinski definition) is 7. The van der Waals surface area contributed by atoms with Gasteiger partial charge in [-0.05, 0) is 31.2 Å². The van der Waals surface area contributed by atoms with Crippen molar-refractivity contribution in [2.75, 3.05) is 0 Å². The van der Waals surface area contributed by atoms with Gasteiger partial charge in [-0.25, -0.2) is 15.0 Å². The fourth-order valence-electron chi connectivity index (χ4n) is 3.17. The van der Waals surface area contributed by atoms with Gasteiger partial charge < -0.3 is 4.98 Å². The lowest BCUT2D eigenvalue weighted by atomic mass is 10.1. The Hall–Kier alpha value is -3.96. The first kappa shape index (κ1) is 17.2. The largest absolute Gasteiger partial charge is 0.304 e. The van der Waals surface area contributed by atoms with E-state index in [1.807, 2.05) is 43.3 Å². The number of thiazole rings is 1. The molecule has 5 aromatic rings. The number of aromatic nitrogens is 5. The molecule has 0 unspecified atom stereocenters. The van der Waals surface area contributed by atoms with Crippen molar-refractivity contribution in [3.8, 4) is 27.9 Å². The summed E-state index contributed by atoms with van der Waals surface area (Å²) in [5.41, 5.74) is 3.34. The van der Waals surface area contributed by atoms with Crippen molar-refractivity contribution in [2.45, 2.75) is 6.92 Å². The first-order chi connectivity index (χ1) is 14.1. The summed E-state index contributed by atoms with van der Waals surface area (Å²) in [7, 11) is 0. The topological polar surface area (TPSA) is 108 Å². The maximum Gasteiger partial charge on any atom is 0.267 e. The summed E-state index contributed by atoms with van der Waals surface area (Å²) < 4.78 is 0. The van der Waals surface area contributed by atoms with Gasteiger partial charge in [0.25, 0.3) is 5.56 Å². The number of benzene rings is 1. The molecule has 5 rings (SSSR count). The van der Waals surface area contributed by atoms with Crippen LogP contribution in [0, 0.1) is 18.3 Å². The van der Waals surface area contributed by atoms with Gasteiger partial charge in [0.05, 0.1) is 21.1 Å². The maximum atomic E-state index is 12.1. The summed E-state index contributed by atoms with van der Waals surface area (Å²) >= 11 is 1.50. The molecule has 29 heavy (non-hydrogen) atoms. The lowest BCUT2D eigenvalue weighted by molar-refractivity contribution is 1.18. The molecule has 0 saturated heterocycles. The van der Waals surface area contributed by atoms with E-state index in [2.05, 4.69) is 19.9 Å². The van der Waals surface area contributed by atoms with Crippen LogP contribution >= 0.6 is 11.3 Å². The molecular weight excluding hydrogens is 384 g/mol. The summed E-state index contributed by atoms with van der Waals surface area (Å²) in [6.07, 6.45) is 3.51. The third-order valence-electron chi connectivity index (χ3n) is 4.53. The minimum absolute atomic E-state index is 0.00171. The number of nitrogens with zero attached hydrogens (tertiary/aromatic N) is 5. The van der Waals surface area contributed by atoms with Gasteiger partial charge >= 0.3 is 0 Å². The molecule has 8 heteroatoms. The monoisotopic (exact) mass is 396 g/mol. The molecule has 0 aliphatic rings. The summed E-state index contributed by atoms with van der Waals surface area (Å²) in [5.74, 6) is 0. The summed E-state index contributed by atoms with van der Waals surface area (Å²) in [6, 6.07) is 13.1. The lowest BCUT2D eigenvalue weighted by Gasteiger charge is -2.09. The summed E-state index contributed by atoms with van der Waals surface area (Å²) in [5, 5.41) is 11.1. The van der Waals surface area contributed by atoms with E-state index in [9.17, 15) is 10.1 Å². The molecule has 0 amide bonds. The van der Waals surface area contributed by atoms with Crippen LogP contribution in [0.5, 0.6) is 0 Å². The number of H-pyrrole nitrogens is 1. The SMILES string of the molecule is Cc1ncc(-c2nc3[nH]c(=O)c(C#N)cc3nc2-c2ccc3ncccc3c2)s1. The number of nitrogens with one attached hydrogen (secondary N) is 1. The second-order valence-electron chi connectivity index (χ2n) is 6.43. The van der Waals surface area contributed by atoms with Gasteiger partial charge in [0.1, 0.15) is 22.8 Å². The van der Waals surface area contributed by atoms with Gasteiger partial charge in [-0.3, -0.25) is 9.78 Å². The number of aromatic amines is 1. The van der Waals surface area contributed by atoms with Crippen molar-refractivity contribution < 1.29 is 0 Å². The highest BCUT2D eigenvalue weighted by Gasteiger charge is 2.17. The summed E-state index contributed by atoms with van der Waals surface area (Å²) in [4.78, 5) is 33.7. The van der Waals surface area contributed by atoms with E-state index in [1.165, 1.54) is 17.4 Å². The molecule has 7 nitrogen and oxygen atoms in total. The molecule has 0 spiro atoms. The molecular formula is C21H12N6OS. The van der Waals surface area contributed by atoms with Gasteiger partial charge in [-0.1, -0.05) is 12.1 Å². The molecule has 4 aromatic heterocycles. The Morgan fingerprint density at radius 2 is 1.97 bits per heavy atom. The van der Waals surface area contributed by atoms with Crippen LogP contribution in [0.15, 0.2) is 53.6 Å². The maximum absolute atomic E-state index is 12.1. The van der Waals surface area contributed by atoms with Gasteiger partial charge in [0, 0.05) is 23.3 Å². The Balaban J connectivity index is 1.84. The number of pyridine rings is 2. The molecule has 0 bridgehead atoms. The Kier molecular flexibility index (Phi) is 3.89. The fourth-order valence-corrected chi connectivity index (χ4v) is 3.94. The van der Waals surface area contributed by atoms with Gasteiger partial charge in [0.2, 0.25) is 0 Å². The highest BCUT2D eigenvalue weighted by molar-refractivity contribution is 7.15. The van der Waals surface area contributed by atoms with E-state index in [0.29, 0.717) is 22.6 Å². The number of fused-ring (bicyclic) bond motifs is 2. The predicted molar refractivity (Wildman–Crippen MR) is 111 cm³/mol. The molecule has 138 valence electrons. The van der Waals surface area contributed by atoms with Gasteiger partial charge in [-0.15, -0.1) is 11.3 Å². The minimum atomic E-state index is -0.481. The van der Waals surface area contributed by atoms with Crippen molar-refractivity contribution in [3.05, 3.63) is 69.7 Å². The highest BCUT2D eigenvalue weighted by atomic mass is 32.1. The average molecular weight is 396 g/mol. The van der Waals surface area contributed by atoms with E-state index < -0.39 is 5.56 Å². The van der Waals surface area contributed by atoms with Crippen LogP contribution in [0.4, 0.5) is 0 Å². The quantitative estimate of drug-likeness (QED) is 0.486.